The van der Waals surface area contributed by atoms with Crippen molar-refractivity contribution >= 4 is 45.8 Å². The van der Waals surface area contributed by atoms with Gasteiger partial charge in [0.2, 0.25) is 0 Å². The first kappa shape index (κ1) is 20.1. The molecule has 4 aromatic rings. The monoisotopic (exact) mass is 446 g/mol. The Hall–Kier alpha value is -2.87. The largest absolute Gasteiger partial charge is 0.344 e. The van der Waals surface area contributed by atoms with Gasteiger partial charge < -0.3 is 9.80 Å². The van der Waals surface area contributed by atoms with Gasteiger partial charge in [-0.1, -0.05) is 65.9 Å². The zero-order valence-corrected chi connectivity index (χ0v) is 18.8. The lowest BCUT2D eigenvalue weighted by Crippen LogP contribution is -3.14. The van der Waals surface area contributed by atoms with Crippen LogP contribution in [0.1, 0.15) is 5.56 Å². The van der Waals surface area contributed by atoms with Gasteiger partial charge in [0.25, 0.3) is 0 Å². The van der Waals surface area contributed by atoms with E-state index in [4.69, 9.17) is 12.2 Å². The van der Waals surface area contributed by atoms with Crippen LogP contribution in [0, 0.1) is 3.95 Å². The second-order valence-corrected chi connectivity index (χ2v) is 9.29. The number of aromatic nitrogens is 3. The Morgan fingerprint density at radius 3 is 2.42 bits per heavy atom. The van der Waals surface area contributed by atoms with E-state index in [1.807, 2.05) is 18.2 Å². The maximum absolute atomic E-state index is 5.69. The minimum absolute atomic E-state index is 0.804. The highest BCUT2D eigenvalue weighted by atomic mass is 32.1. The van der Waals surface area contributed by atoms with Crippen molar-refractivity contribution in [2.45, 2.75) is 0 Å². The van der Waals surface area contributed by atoms with Crippen LogP contribution in [0.5, 0.6) is 0 Å². The summed E-state index contributed by atoms with van der Waals surface area (Å²) < 4.78 is 3.93. The molecule has 2 aromatic heterocycles. The average Bonchev–Trinajstić information content (AvgIpc) is 3.17. The van der Waals surface area contributed by atoms with Crippen LogP contribution in [0.15, 0.2) is 73.1 Å². The quantitative estimate of drug-likeness (QED) is 0.475. The maximum atomic E-state index is 5.69. The van der Waals surface area contributed by atoms with E-state index in [1.165, 1.54) is 5.56 Å². The van der Waals surface area contributed by atoms with Gasteiger partial charge in [0.05, 0.1) is 32.7 Å². The summed E-state index contributed by atoms with van der Waals surface area (Å²) in [5.74, 6) is 1.01. The van der Waals surface area contributed by atoms with E-state index < -0.39 is 0 Å². The van der Waals surface area contributed by atoms with Crippen LogP contribution >= 0.6 is 23.6 Å². The zero-order chi connectivity index (χ0) is 21.0. The summed E-state index contributed by atoms with van der Waals surface area (Å²) in [6.45, 7) is 5.20. The standard InChI is InChI=1S/C24H23N5S2/c30-24-29(20-11-5-2-6-12-20)23-21(31-24)22(25-18-26-23)28-16-14-27(15-17-28)13-7-10-19-8-3-1-4-9-19/h1-12,18H,13-17H2/p+1/b10-7+. The van der Waals surface area contributed by atoms with Gasteiger partial charge >= 0.3 is 0 Å². The second-order valence-electron chi connectivity index (χ2n) is 7.64. The van der Waals surface area contributed by atoms with Crippen LogP contribution < -0.4 is 9.80 Å². The molecule has 2 aromatic carbocycles. The molecule has 0 radical (unpaired) electrons. The van der Waals surface area contributed by atoms with E-state index in [2.05, 4.69) is 74.1 Å². The molecule has 156 valence electrons. The van der Waals surface area contributed by atoms with Crippen molar-refractivity contribution in [3.63, 3.8) is 0 Å². The van der Waals surface area contributed by atoms with Gasteiger partial charge in [0.1, 0.15) is 11.0 Å². The first-order valence-corrected chi connectivity index (χ1v) is 11.7. The summed E-state index contributed by atoms with van der Waals surface area (Å²) in [5, 5.41) is 0. The van der Waals surface area contributed by atoms with Crippen LogP contribution in [-0.2, 0) is 0 Å². The predicted molar refractivity (Wildman–Crippen MR) is 131 cm³/mol. The van der Waals surface area contributed by atoms with E-state index >= 15 is 0 Å². The molecule has 1 aliphatic heterocycles. The summed E-state index contributed by atoms with van der Waals surface area (Å²) in [7, 11) is 0. The van der Waals surface area contributed by atoms with Gasteiger partial charge in [0.15, 0.2) is 15.4 Å². The van der Waals surface area contributed by atoms with Crippen molar-refractivity contribution in [2.75, 3.05) is 37.6 Å². The molecular formula is C24H24N5S2+. The summed E-state index contributed by atoms with van der Waals surface area (Å²) >= 11 is 7.29. The van der Waals surface area contributed by atoms with E-state index in [9.17, 15) is 0 Å². The Balaban J connectivity index is 1.31. The number of piperazine rings is 1. The van der Waals surface area contributed by atoms with Crippen molar-refractivity contribution in [2.24, 2.45) is 0 Å². The van der Waals surface area contributed by atoms with E-state index in [0.717, 1.165) is 58.5 Å². The minimum Gasteiger partial charge on any atom is -0.344 e. The number of anilines is 1. The summed E-state index contributed by atoms with van der Waals surface area (Å²) in [6, 6.07) is 20.7. The highest BCUT2D eigenvalue weighted by Crippen LogP contribution is 2.31. The summed E-state index contributed by atoms with van der Waals surface area (Å²) in [6.07, 6.45) is 6.17. The molecular weight excluding hydrogens is 422 g/mol. The topological polar surface area (TPSA) is 38.4 Å². The molecule has 0 amide bonds. The van der Waals surface area contributed by atoms with E-state index in [1.54, 1.807) is 22.6 Å². The van der Waals surface area contributed by atoms with Crippen LogP contribution in [-0.4, -0.2) is 47.3 Å². The molecule has 1 fully saturated rings. The first-order chi connectivity index (χ1) is 15.3. The van der Waals surface area contributed by atoms with Crippen LogP contribution in [0.4, 0.5) is 5.82 Å². The third-order valence-electron chi connectivity index (χ3n) is 5.65. The van der Waals surface area contributed by atoms with Crippen LogP contribution in [0.3, 0.4) is 0 Å². The van der Waals surface area contributed by atoms with Crippen molar-refractivity contribution in [3.05, 3.63) is 82.6 Å². The van der Waals surface area contributed by atoms with Crippen molar-refractivity contribution < 1.29 is 4.90 Å². The molecule has 1 N–H and O–H groups in total. The lowest BCUT2D eigenvalue weighted by atomic mass is 10.2. The number of thiazole rings is 1. The van der Waals surface area contributed by atoms with E-state index in [-0.39, 0.29) is 0 Å². The molecule has 0 spiro atoms. The SMILES string of the molecule is S=c1sc2c(N3CC[NH+](C/C=C/c4ccccc4)CC3)ncnc2n1-c1ccccc1. The Kier molecular flexibility index (Phi) is 5.88. The number of hydrogen-bond donors (Lipinski definition) is 1. The molecule has 0 unspecified atom stereocenters. The summed E-state index contributed by atoms with van der Waals surface area (Å²) in [5.41, 5.74) is 3.20. The second kappa shape index (κ2) is 9.09. The fourth-order valence-corrected chi connectivity index (χ4v) is 5.43. The molecule has 7 heteroatoms. The van der Waals surface area contributed by atoms with Gasteiger partial charge in [0, 0.05) is 5.69 Å². The number of hydrogen-bond acceptors (Lipinski definition) is 5. The molecule has 0 atom stereocenters. The van der Waals surface area contributed by atoms with E-state index in [0.29, 0.717) is 0 Å². The third-order valence-corrected chi connectivity index (χ3v) is 7.01. The smallest absolute Gasteiger partial charge is 0.168 e. The molecule has 5 rings (SSSR count). The number of quaternary nitrogens is 1. The highest BCUT2D eigenvalue weighted by molar-refractivity contribution is 7.73. The van der Waals surface area contributed by atoms with Crippen molar-refractivity contribution in [1.29, 1.82) is 0 Å². The Morgan fingerprint density at radius 2 is 1.68 bits per heavy atom. The fourth-order valence-electron chi connectivity index (χ4n) is 4.02. The average molecular weight is 447 g/mol. The highest BCUT2D eigenvalue weighted by Gasteiger charge is 2.23. The van der Waals surface area contributed by atoms with Crippen molar-refractivity contribution in [1.82, 2.24) is 14.5 Å². The van der Waals surface area contributed by atoms with Gasteiger partial charge in [-0.3, -0.25) is 4.57 Å². The first-order valence-electron chi connectivity index (χ1n) is 10.5. The predicted octanol–water partition coefficient (Wildman–Crippen LogP) is 3.63. The minimum atomic E-state index is 0.804. The lowest BCUT2D eigenvalue weighted by Gasteiger charge is -2.32. The number of rotatable bonds is 5. The molecule has 3 heterocycles. The molecule has 0 aliphatic carbocycles. The number of para-hydroxylation sites is 1. The number of nitrogens with zero attached hydrogens (tertiary/aromatic N) is 4. The number of fused-ring (bicyclic) bond motifs is 1. The van der Waals surface area contributed by atoms with Crippen LogP contribution in [0.25, 0.3) is 22.1 Å². The Labute approximate surface area is 190 Å². The molecule has 0 saturated carbocycles. The zero-order valence-electron chi connectivity index (χ0n) is 17.1. The molecule has 1 aliphatic rings. The molecule has 0 bridgehead atoms. The van der Waals surface area contributed by atoms with Crippen LogP contribution in [0.2, 0.25) is 0 Å². The fraction of sp³-hybridized carbons (Fsp3) is 0.208. The van der Waals surface area contributed by atoms with Gasteiger partial charge in [-0.15, -0.1) is 0 Å². The Bertz CT molecular complexity index is 1240. The molecule has 5 nitrogen and oxygen atoms in total. The Morgan fingerprint density at radius 1 is 0.968 bits per heavy atom. The maximum Gasteiger partial charge on any atom is 0.168 e. The number of nitrogens with one attached hydrogen (secondary N) is 1. The van der Waals surface area contributed by atoms with Gasteiger partial charge in [-0.25, -0.2) is 9.97 Å². The van der Waals surface area contributed by atoms with Gasteiger partial charge in [-0.05, 0) is 36.0 Å². The molecule has 31 heavy (non-hydrogen) atoms. The molecule has 1 saturated heterocycles. The van der Waals surface area contributed by atoms with Gasteiger partial charge in [-0.2, -0.15) is 0 Å². The number of benzene rings is 2. The van der Waals surface area contributed by atoms with Crippen molar-refractivity contribution in [3.8, 4) is 5.69 Å². The third kappa shape index (κ3) is 4.30. The normalized spacial score (nSPS) is 15.2. The lowest BCUT2D eigenvalue weighted by molar-refractivity contribution is -0.894. The summed E-state index contributed by atoms with van der Waals surface area (Å²) in [4.78, 5) is 13.2.